The molecule has 2 heterocycles. The van der Waals surface area contributed by atoms with E-state index in [1.54, 1.807) is 37.3 Å². The summed E-state index contributed by atoms with van der Waals surface area (Å²) in [6, 6.07) is 9.61. The van der Waals surface area contributed by atoms with Crippen molar-refractivity contribution in [2.24, 2.45) is 0 Å². The van der Waals surface area contributed by atoms with E-state index in [4.69, 9.17) is 19.2 Å². The van der Waals surface area contributed by atoms with Crippen LogP contribution in [-0.4, -0.2) is 84.1 Å². The van der Waals surface area contributed by atoms with Crippen LogP contribution in [0.15, 0.2) is 41.3 Å². The van der Waals surface area contributed by atoms with Crippen molar-refractivity contribution in [1.29, 1.82) is 0 Å². The molecule has 188 valence electrons. The fourth-order valence-electron chi connectivity index (χ4n) is 3.95. The molecule has 1 fully saturated rings. The predicted molar refractivity (Wildman–Crippen MR) is 136 cm³/mol. The number of methoxy groups -OCH3 is 2. The maximum absolute atomic E-state index is 13.6. The number of hydrogen-bond donors (Lipinski definition) is 0. The van der Waals surface area contributed by atoms with Gasteiger partial charge in [-0.1, -0.05) is 11.3 Å². The highest BCUT2D eigenvalue weighted by molar-refractivity contribution is 7.90. The Morgan fingerprint density at radius 2 is 1.74 bits per heavy atom. The Labute approximate surface area is 209 Å². The third kappa shape index (κ3) is 5.75. The normalized spacial score (nSPS) is 14.7. The second kappa shape index (κ2) is 10.9. The Kier molecular flexibility index (Phi) is 7.90. The number of ether oxygens (including phenoxy) is 3. The molecule has 0 spiro atoms. The van der Waals surface area contributed by atoms with E-state index >= 15 is 0 Å². The molecule has 1 saturated heterocycles. The molecule has 0 N–H and O–H groups in total. The second-order valence-corrected chi connectivity index (χ2v) is 11.2. The molecule has 1 aromatic heterocycles. The molecule has 1 amide bonds. The van der Waals surface area contributed by atoms with Gasteiger partial charge >= 0.3 is 0 Å². The summed E-state index contributed by atoms with van der Waals surface area (Å²) in [7, 11) is -0.185. The predicted octanol–water partition coefficient (Wildman–Crippen LogP) is 3.09. The molecular weight excluding hydrogens is 490 g/mol. The van der Waals surface area contributed by atoms with Gasteiger partial charge in [-0.2, -0.15) is 0 Å². The number of amides is 1. The highest BCUT2D eigenvalue weighted by Crippen LogP contribution is 2.40. The minimum absolute atomic E-state index is 0.169. The van der Waals surface area contributed by atoms with Crippen molar-refractivity contribution in [3.8, 4) is 11.5 Å². The number of aromatic nitrogens is 1. The van der Waals surface area contributed by atoms with Crippen LogP contribution in [0.25, 0.3) is 10.2 Å². The molecule has 0 aliphatic carbocycles. The van der Waals surface area contributed by atoms with Gasteiger partial charge in [0.1, 0.15) is 21.7 Å². The monoisotopic (exact) mass is 519 g/mol. The van der Waals surface area contributed by atoms with Gasteiger partial charge in [-0.05, 0) is 42.8 Å². The number of hydrogen-bond acceptors (Lipinski definition) is 9. The highest BCUT2D eigenvalue weighted by atomic mass is 32.2. The molecule has 1 aliphatic rings. The zero-order valence-electron chi connectivity index (χ0n) is 20.0. The smallest absolute Gasteiger partial charge is 0.260 e. The average Bonchev–Trinajstić information content (AvgIpc) is 3.31. The number of benzene rings is 2. The molecule has 0 radical (unpaired) electrons. The van der Waals surface area contributed by atoms with Crippen LogP contribution < -0.4 is 14.4 Å². The molecule has 11 heteroatoms. The molecule has 0 atom stereocenters. The summed E-state index contributed by atoms with van der Waals surface area (Å²) < 4.78 is 40.9. The molecule has 0 saturated carbocycles. The van der Waals surface area contributed by atoms with Gasteiger partial charge in [0, 0.05) is 38.0 Å². The van der Waals surface area contributed by atoms with E-state index in [2.05, 4.69) is 4.90 Å². The molecule has 1 aliphatic heterocycles. The van der Waals surface area contributed by atoms with E-state index in [1.165, 1.54) is 23.5 Å². The van der Waals surface area contributed by atoms with Crippen LogP contribution in [0.1, 0.15) is 16.8 Å². The Hall–Kier alpha value is -2.73. The summed E-state index contributed by atoms with van der Waals surface area (Å²) in [4.78, 5) is 22.5. The Balaban J connectivity index is 1.66. The first-order valence-electron chi connectivity index (χ1n) is 11.3. The zero-order valence-corrected chi connectivity index (χ0v) is 21.7. The lowest BCUT2D eigenvalue weighted by molar-refractivity contribution is 0.0376. The van der Waals surface area contributed by atoms with Gasteiger partial charge in [-0.15, -0.1) is 0 Å². The Morgan fingerprint density at radius 1 is 1.09 bits per heavy atom. The van der Waals surface area contributed by atoms with Gasteiger partial charge in [0.15, 0.2) is 15.0 Å². The van der Waals surface area contributed by atoms with Crippen molar-refractivity contribution in [1.82, 2.24) is 9.88 Å². The summed E-state index contributed by atoms with van der Waals surface area (Å²) in [5, 5.41) is 0.530. The maximum Gasteiger partial charge on any atom is 0.260 e. The molecular formula is C24H29N3O6S2. The van der Waals surface area contributed by atoms with Crippen molar-refractivity contribution in [3.05, 3.63) is 42.0 Å². The fourth-order valence-corrected chi connectivity index (χ4v) is 5.68. The minimum atomic E-state index is -3.36. The Morgan fingerprint density at radius 3 is 2.37 bits per heavy atom. The molecule has 35 heavy (non-hydrogen) atoms. The highest BCUT2D eigenvalue weighted by Gasteiger charge is 2.24. The number of thiazole rings is 1. The van der Waals surface area contributed by atoms with E-state index in [9.17, 15) is 13.2 Å². The van der Waals surface area contributed by atoms with E-state index in [1.807, 2.05) is 6.07 Å². The number of anilines is 1. The summed E-state index contributed by atoms with van der Waals surface area (Å²) in [6.45, 7) is 4.46. The first-order chi connectivity index (χ1) is 16.8. The van der Waals surface area contributed by atoms with Gasteiger partial charge in [0.2, 0.25) is 0 Å². The van der Waals surface area contributed by atoms with E-state index in [0.717, 1.165) is 37.0 Å². The lowest BCUT2D eigenvalue weighted by Crippen LogP contribution is -2.39. The lowest BCUT2D eigenvalue weighted by Gasteiger charge is -2.27. The van der Waals surface area contributed by atoms with Crippen molar-refractivity contribution < 1.29 is 27.4 Å². The van der Waals surface area contributed by atoms with Crippen LogP contribution in [0.2, 0.25) is 0 Å². The second-order valence-electron chi connectivity index (χ2n) is 8.21. The van der Waals surface area contributed by atoms with E-state index < -0.39 is 9.84 Å². The SMILES string of the molecule is COc1ccc(OC)c2sc(N(CCCN3CCOCC3)C(=O)c3ccc(S(C)(=O)=O)cc3)nc12. The fraction of sp³-hybridized carbons (Fsp3) is 0.417. The summed E-state index contributed by atoms with van der Waals surface area (Å²) in [5.74, 6) is 1.01. The summed E-state index contributed by atoms with van der Waals surface area (Å²) >= 11 is 1.36. The van der Waals surface area contributed by atoms with Gasteiger partial charge in [0.05, 0.1) is 32.3 Å². The van der Waals surface area contributed by atoms with Gasteiger partial charge in [-0.25, -0.2) is 13.4 Å². The van der Waals surface area contributed by atoms with Crippen molar-refractivity contribution in [3.63, 3.8) is 0 Å². The van der Waals surface area contributed by atoms with Crippen LogP contribution in [0, 0.1) is 0 Å². The number of carbonyl (C=O) groups is 1. The number of fused-ring (bicyclic) bond motifs is 1. The molecule has 0 unspecified atom stereocenters. The van der Waals surface area contributed by atoms with Crippen LogP contribution in [0.4, 0.5) is 5.13 Å². The van der Waals surface area contributed by atoms with Crippen LogP contribution >= 0.6 is 11.3 Å². The standard InChI is InChI=1S/C24H29N3O6S2/c1-31-19-9-10-20(32-2)22-21(19)25-24(34-22)27(12-4-11-26-13-15-33-16-14-26)23(28)17-5-7-18(8-6-17)35(3,29)30/h5-10H,4,11-16H2,1-3H3. The topological polar surface area (TPSA) is 98.3 Å². The molecule has 2 aromatic carbocycles. The Bertz CT molecular complexity index is 1240. The van der Waals surface area contributed by atoms with Crippen LogP contribution in [-0.2, 0) is 14.6 Å². The molecule has 4 rings (SSSR count). The number of nitrogens with zero attached hydrogens (tertiary/aromatic N) is 3. The zero-order chi connectivity index (χ0) is 25.0. The van der Waals surface area contributed by atoms with Gasteiger partial charge in [0.25, 0.3) is 5.91 Å². The summed E-state index contributed by atoms with van der Waals surface area (Å²) in [5.41, 5.74) is 1.02. The lowest BCUT2D eigenvalue weighted by atomic mass is 10.2. The number of sulfone groups is 1. The van der Waals surface area contributed by atoms with Crippen molar-refractivity contribution in [2.75, 3.05) is 64.8 Å². The first kappa shape index (κ1) is 25.4. The largest absolute Gasteiger partial charge is 0.495 e. The minimum Gasteiger partial charge on any atom is -0.495 e. The van der Waals surface area contributed by atoms with Crippen molar-refractivity contribution in [2.45, 2.75) is 11.3 Å². The molecule has 9 nitrogen and oxygen atoms in total. The molecule has 0 bridgehead atoms. The van der Waals surface area contributed by atoms with Gasteiger partial charge in [-0.3, -0.25) is 14.6 Å². The number of rotatable bonds is 9. The average molecular weight is 520 g/mol. The molecule has 3 aromatic rings. The first-order valence-corrected chi connectivity index (χ1v) is 14.0. The van der Waals surface area contributed by atoms with E-state index in [-0.39, 0.29) is 10.8 Å². The van der Waals surface area contributed by atoms with Crippen LogP contribution in [0.3, 0.4) is 0 Å². The third-order valence-corrected chi connectivity index (χ3v) is 8.09. The maximum atomic E-state index is 13.6. The van der Waals surface area contributed by atoms with Gasteiger partial charge < -0.3 is 14.2 Å². The quantitative estimate of drug-likeness (QED) is 0.425. The summed E-state index contributed by atoms with van der Waals surface area (Å²) in [6.07, 6.45) is 1.89. The number of morpholine rings is 1. The number of carbonyl (C=O) groups excluding carboxylic acids is 1. The van der Waals surface area contributed by atoms with Crippen LogP contribution in [0.5, 0.6) is 11.5 Å². The van der Waals surface area contributed by atoms with Crippen molar-refractivity contribution >= 4 is 42.4 Å². The van der Waals surface area contributed by atoms with E-state index in [0.29, 0.717) is 47.5 Å². The third-order valence-electron chi connectivity index (χ3n) is 5.86.